The van der Waals surface area contributed by atoms with Crippen molar-refractivity contribution < 1.29 is 18.3 Å². The van der Waals surface area contributed by atoms with Crippen LogP contribution in [0.1, 0.15) is 15.9 Å². The van der Waals surface area contributed by atoms with Crippen molar-refractivity contribution in [2.24, 2.45) is 0 Å². The van der Waals surface area contributed by atoms with E-state index in [4.69, 9.17) is 23.2 Å². The molecule has 0 aliphatic heterocycles. The van der Waals surface area contributed by atoms with E-state index in [1.54, 1.807) is 18.2 Å². The van der Waals surface area contributed by atoms with Crippen LogP contribution in [-0.4, -0.2) is 12.4 Å². The minimum atomic E-state index is -2.90. The Bertz CT molecular complexity index is 628. The molecule has 0 amide bonds. The zero-order valence-corrected chi connectivity index (χ0v) is 11.5. The topological polar surface area (TPSA) is 26.3 Å². The highest BCUT2D eigenvalue weighted by Crippen LogP contribution is 2.27. The lowest BCUT2D eigenvalue weighted by molar-refractivity contribution is -0.0498. The average Bonchev–Trinajstić information content (AvgIpc) is 2.41. The fraction of sp³-hybridized carbons (Fsp3) is 0.0714. The van der Waals surface area contributed by atoms with Crippen LogP contribution in [0.3, 0.4) is 0 Å². The van der Waals surface area contributed by atoms with Gasteiger partial charge in [-0.1, -0.05) is 29.3 Å². The van der Waals surface area contributed by atoms with Gasteiger partial charge in [0.05, 0.1) is 10.0 Å². The van der Waals surface area contributed by atoms with Crippen molar-refractivity contribution in [3.05, 3.63) is 63.6 Å². The molecule has 0 saturated carbocycles. The number of hydrogen-bond acceptors (Lipinski definition) is 2. The zero-order valence-electron chi connectivity index (χ0n) is 9.95. The first kappa shape index (κ1) is 14.8. The van der Waals surface area contributed by atoms with E-state index in [1.165, 1.54) is 24.3 Å². The quantitative estimate of drug-likeness (QED) is 0.755. The van der Waals surface area contributed by atoms with E-state index in [0.717, 1.165) is 0 Å². The molecular weight excluding hydrogens is 309 g/mol. The highest BCUT2D eigenvalue weighted by atomic mass is 35.5. The van der Waals surface area contributed by atoms with E-state index >= 15 is 0 Å². The number of benzene rings is 2. The van der Waals surface area contributed by atoms with Crippen molar-refractivity contribution in [2.45, 2.75) is 6.61 Å². The summed E-state index contributed by atoms with van der Waals surface area (Å²) in [5, 5.41) is 0.433. The van der Waals surface area contributed by atoms with Gasteiger partial charge in [0.25, 0.3) is 0 Å². The number of rotatable bonds is 4. The number of carbonyl (C=O) groups is 1. The molecule has 6 heteroatoms. The molecule has 0 aliphatic carbocycles. The number of carbonyl (C=O) groups excluding carboxylic acids is 1. The summed E-state index contributed by atoms with van der Waals surface area (Å²) in [7, 11) is 0. The Morgan fingerprint density at radius 2 is 1.70 bits per heavy atom. The van der Waals surface area contributed by atoms with E-state index in [1.807, 2.05) is 0 Å². The van der Waals surface area contributed by atoms with Gasteiger partial charge in [0, 0.05) is 11.1 Å². The Labute approximate surface area is 123 Å². The Balaban J connectivity index is 2.27. The molecule has 0 atom stereocenters. The Morgan fingerprint density at radius 1 is 1.05 bits per heavy atom. The molecule has 104 valence electrons. The first-order valence-corrected chi connectivity index (χ1v) is 6.28. The van der Waals surface area contributed by atoms with Crippen LogP contribution >= 0.6 is 23.2 Å². The van der Waals surface area contributed by atoms with Crippen molar-refractivity contribution in [2.75, 3.05) is 0 Å². The van der Waals surface area contributed by atoms with Crippen LogP contribution in [0.4, 0.5) is 8.78 Å². The van der Waals surface area contributed by atoms with Gasteiger partial charge in [-0.3, -0.25) is 4.79 Å². The van der Waals surface area contributed by atoms with E-state index in [0.29, 0.717) is 5.56 Å². The number of ketones is 1. The smallest absolute Gasteiger partial charge is 0.387 e. The van der Waals surface area contributed by atoms with Gasteiger partial charge >= 0.3 is 6.61 Å². The first-order chi connectivity index (χ1) is 9.49. The molecule has 2 aromatic rings. The lowest BCUT2D eigenvalue weighted by atomic mass is 10.0. The summed E-state index contributed by atoms with van der Waals surface area (Å²) < 4.78 is 28.2. The third-order valence-corrected chi connectivity index (χ3v) is 3.36. The molecule has 2 aromatic carbocycles. The Morgan fingerprint density at radius 3 is 2.30 bits per heavy atom. The summed E-state index contributed by atoms with van der Waals surface area (Å²) in [6.07, 6.45) is 0. The van der Waals surface area contributed by atoms with Crippen LogP contribution in [0, 0.1) is 0 Å². The summed E-state index contributed by atoms with van der Waals surface area (Å²) in [5.41, 5.74) is 0.553. The number of alkyl halides is 2. The van der Waals surface area contributed by atoms with Crippen molar-refractivity contribution in [1.29, 1.82) is 0 Å². The SMILES string of the molecule is O=C(c1ccc(OC(F)F)cc1)c1cccc(Cl)c1Cl. The van der Waals surface area contributed by atoms with Crippen LogP contribution in [-0.2, 0) is 0 Å². The van der Waals surface area contributed by atoms with Crippen LogP contribution < -0.4 is 4.74 Å². The molecule has 0 heterocycles. The van der Waals surface area contributed by atoms with Gasteiger partial charge in [0.1, 0.15) is 5.75 Å². The monoisotopic (exact) mass is 316 g/mol. The lowest BCUT2D eigenvalue weighted by Gasteiger charge is -2.07. The zero-order chi connectivity index (χ0) is 14.7. The largest absolute Gasteiger partial charge is 0.435 e. The minimum Gasteiger partial charge on any atom is -0.435 e. The number of hydrogen-bond donors (Lipinski definition) is 0. The standard InChI is InChI=1S/C14H8Cl2F2O2/c15-11-3-1-2-10(12(11)16)13(19)8-4-6-9(7-5-8)20-14(17)18/h1-7,14H. The third-order valence-electron chi connectivity index (χ3n) is 2.54. The fourth-order valence-corrected chi connectivity index (χ4v) is 2.01. The van der Waals surface area contributed by atoms with E-state index < -0.39 is 6.61 Å². The fourth-order valence-electron chi connectivity index (χ4n) is 1.62. The van der Waals surface area contributed by atoms with Crippen LogP contribution in [0.15, 0.2) is 42.5 Å². The molecule has 0 fully saturated rings. The van der Waals surface area contributed by atoms with E-state index in [2.05, 4.69) is 4.74 Å². The lowest BCUT2D eigenvalue weighted by Crippen LogP contribution is -2.04. The highest BCUT2D eigenvalue weighted by Gasteiger charge is 2.15. The second-order valence-corrected chi connectivity index (χ2v) is 4.62. The predicted octanol–water partition coefficient (Wildman–Crippen LogP) is 4.83. The van der Waals surface area contributed by atoms with E-state index in [9.17, 15) is 13.6 Å². The summed E-state index contributed by atoms with van der Waals surface area (Å²) in [4.78, 5) is 12.2. The summed E-state index contributed by atoms with van der Waals surface area (Å²) in [6.45, 7) is -2.90. The molecule has 0 bridgehead atoms. The van der Waals surface area contributed by atoms with Crippen molar-refractivity contribution in [3.63, 3.8) is 0 Å². The first-order valence-electron chi connectivity index (χ1n) is 5.52. The Kier molecular flexibility index (Phi) is 4.57. The molecule has 0 radical (unpaired) electrons. The third kappa shape index (κ3) is 3.26. The maximum absolute atomic E-state index is 12.2. The molecular formula is C14H8Cl2F2O2. The molecule has 0 aromatic heterocycles. The maximum Gasteiger partial charge on any atom is 0.387 e. The van der Waals surface area contributed by atoms with E-state index in [-0.39, 0.29) is 27.1 Å². The van der Waals surface area contributed by atoms with Gasteiger partial charge in [-0.05, 0) is 36.4 Å². The second kappa shape index (κ2) is 6.20. The molecule has 2 rings (SSSR count). The van der Waals surface area contributed by atoms with Gasteiger partial charge in [0.2, 0.25) is 0 Å². The van der Waals surface area contributed by atoms with Gasteiger partial charge in [-0.15, -0.1) is 0 Å². The summed E-state index contributed by atoms with van der Waals surface area (Å²) in [6, 6.07) is 10.1. The molecule has 20 heavy (non-hydrogen) atoms. The molecule has 0 spiro atoms. The van der Waals surface area contributed by atoms with Crippen molar-refractivity contribution in [3.8, 4) is 5.75 Å². The highest BCUT2D eigenvalue weighted by molar-refractivity contribution is 6.44. The number of ether oxygens (including phenoxy) is 1. The van der Waals surface area contributed by atoms with Gasteiger partial charge in [-0.2, -0.15) is 8.78 Å². The van der Waals surface area contributed by atoms with Crippen LogP contribution in [0.5, 0.6) is 5.75 Å². The normalized spacial score (nSPS) is 10.7. The van der Waals surface area contributed by atoms with Gasteiger partial charge in [0.15, 0.2) is 5.78 Å². The molecule has 0 saturated heterocycles. The predicted molar refractivity (Wildman–Crippen MR) is 73.0 cm³/mol. The van der Waals surface area contributed by atoms with Crippen molar-refractivity contribution >= 4 is 29.0 Å². The van der Waals surface area contributed by atoms with Crippen LogP contribution in [0.2, 0.25) is 10.0 Å². The average molecular weight is 317 g/mol. The maximum atomic E-state index is 12.2. The summed E-state index contributed by atoms with van der Waals surface area (Å²) in [5.74, 6) is -0.366. The van der Waals surface area contributed by atoms with Gasteiger partial charge < -0.3 is 4.74 Å². The van der Waals surface area contributed by atoms with Crippen molar-refractivity contribution in [1.82, 2.24) is 0 Å². The number of halogens is 4. The Hall–Kier alpha value is -1.65. The minimum absolute atomic E-state index is 0.0197. The second-order valence-electron chi connectivity index (χ2n) is 3.83. The molecule has 0 aliphatic rings. The van der Waals surface area contributed by atoms with Crippen LogP contribution in [0.25, 0.3) is 0 Å². The summed E-state index contributed by atoms with van der Waals surface area (Å²) >= 11 is 11.8. The molecule has 2 nitrogen and oxygen atoms in total. The molecule has 0 N–H and O–H groups in total. The molecule has 0 unspecified atom stereocenters. The van der Waals surface area contributed by atoms with Gasteiger partial charge in [-0.25, -0.2) is 0 Å².